The zero-order valence-electron chi connectivity index (χ0n) is 11.0. The largest absolute Gasteiger partial charge is 0.353 e. The zero-order chi connectivity index (χ0) is 12.1. The van der Waals surface area contributed by atoms with E-state index in [0.29, 0.717) is 0 Å². The van der Waals surface area contributed by atoms with Gasteiger partial charge in [-0.15, -0.1) is 0 Å². The number of carbonyl (C=O) groups excluding carboxylic acids is 1. The predicted octanol–water partition coefficient (Wildman–Crippen LogP) is 1.93. The van der Waals surface area contributed by atoms with Crippen molar-refractivity contribution in [3.8, 4) is 0 Å². The summed E-state index contributed by atoms with van der Waals surface area (Å²) in [6.45, 7) is 13.3. The van der Waals surface area contributed by atoms with Gasteiger partial charge in [-0.05, 0) is 32.6 Å². The minimum absolute atomic E-state index is 0.0805. The van der Waals surface area contributed by atoms with Gasteiger partial charge in [-0.2, -0.15) is 0 Å². The Morgan fingerprint density at radius 2 is 1.80 bits per heavy atom. The summed E-state index contributed by atoms with van der Waals surface area (Å²) in [6.07, 6.45) is 1.11. The van der Waals surface area contributed by atoms with Crippen LogP contribution in [-0.4, -0.2) is 24.5 Å². The van der Waals surface area contributed by atoms with E-state index in [1.807, 2.05) is 20.8 Å². The van der Waals surface area contributed by atoms with Crippen LogP contribution in [0.4, 0.5) is 0 Å². The van der Waals surface area contributed by atoms with E-state index in [-0.39, 0.29) is 23.4 Å². The van der Waals surface area contributed by atoms with Crippen LogP contribution in [0.1, 0.15) is 48.0 Å². The van der Waals surface area contributed by atoms with Gasteiger partial charge in [0.15, 0.2) is 0 Å². The van der Waals surface area contributed by atoms with Crippen molar-refractivity contribution < 1.29 is 4.79 Å². The highest BCUT2D eigenvalue weighted by Crippen LogP contribution is 2.17. The van der Waals surface area contributed by atoms with Gasteiger partial charge >= 0.3 is 0 Å². The summed E-state index contributed by atoms with van der Waals surface area (Å²) in [5.74, 6) is 0.0805. The lowest BCUT2D eigenvalue weighted by atomic mass is 9.90. The van der Waals surface area contributed by atoms with Gasteiger partial charge in [-0.3, -0.25) is 4.79 Å². The smallest absolute Gasteiger partial charge is 0.237 e. The number of hydrogen-bond acceptors (Lipinski definition) is 2. The van der Waals surface area contributed by atoms with Crippen LogP contribution in [0.5, 0.6) is 0 Å². The maximum atomic E-state index is 11.6. The number of nitrogens with one attached hydrogen (secondary N) is 2. The van der Waals surface area contributed by atoms with Gasteiger partial charge < -0.3 is 10.6 Å². The molecule has 0 rings (SSSR count). The molecule has 0 bridgehead atoms. The fourth-order valence-corrected chi connectivity index (χ4v) is 1.06. The van der Waals surface area contributed by atoms with Crippen molar-refractivity contribution in [2.75, 3.05) is 6.54 Å². The van der Waals surface area contributed by atoms with Crippen LogP contribution in [0, 0.1) is 5.41 Å². The molecule has 0 spiro atoms. The van der Waals surface area contributed by atoms with Crippen LogP contribution < -0.4 is 10.6 Å². The van der Waals surface area contributed by atoms with Crippen LogP contribution >= 0.6 is 0 Å². The van der Waals surface area contributed by atoms with Crippen molar-refractivity contribution in [3.63, 3.8) is 0 Å². The molecule has 0 aliphatic heterocycles. The monoisotopic (exact) mass is 214 g/mol. The van der Waals surface area contributed by atoms with E-state index < -0.39 is 0 Å². The van der Waals surface area contributed by atoms with Crippen LogP contribution in [0.25, 0.3) is 0 Å². The van der Waals surface area contributed by atoms with E-state index >= 15 is 0 Å². The Bertz CT molecular complexity index is 200. The maximum Gasteiger partial charge on any atom is 0.237 e. The molecule has 0 fully saturated rings. The molecule has 0 aromatic heterocycles. The maximum absolute atomic E-state index is 11.6. The molecule has 0 heterocycles. The lowest BCUT2D eigenvalue weighted by Crippen LogP contribution is -2.47. The normalized spacial score (nSPS) is 14.1. The number of hydrogen-bond donors (Lipinski definition) is 2. The molecule has 1 unspecified atom stereocenters. The van der Waals surface area contributed by atoms with Crippen LogP contribution in [-0.2, 0) is 4.79 Å². The summed E-state index contributed by atoms with van der Waals surface area (Å²) in [4.78, 5) is 11.6. The van der Waals surface area contributed by atoms with E-state index in [2.05, 4.69) is 31.4 Å². The summed E-state index contributed by atoms with van der Waals surface area (Å²) in [6, 6.07) is 0.0964. The summed E-state index contributed by atoms with van der Waals surface area (Å²) in [7, 11) is 0. The summed E-state index contributed by atoms with van der Waals surface area (Å²) < 4.78 is 0. The Labute approximate surface area is 94.0 Å². The Morgan fingerprint density at radius 1 is 1.27 bits per heavy atom. The Balaban J connectivity index is 3.93. The average molecular weight is 214 g/mol. The second-order valence-electron chi connectivity index (χ2n) is 5.28. The molecule has 0 aliphatic rings. The summed E-state index contributed by atoms with van der Waals surface area (Å²) in [5.41, 5.74) is 0.256. The molecule has 3 heteroatoms. The highest BCUT2D eigenvalue weighted by Gasteiger charge is 2.19. The second kappa shape index (κ2) is 6.11. The van der Waals surface area contributed by atoms with Gasteiger partial charge in [-0.1, -0.05) is 20.8 Å². The third-order valence-electron chi connectivity index (χ3n) is 2.67. The molecule has 0 saturated heterocycles. The molecule has 15 heavy (non-hydrogen) atoms. The van der Waals surface area contributed by atoms with E-state index in [1.165, 1.54) is 0 Å². The molecule has 0 radical (unpaired) electrons. The van der Waals surface area contributed by atoms with Crippen molar-refractivity contribution in [1.82, 2.24) is 10.6 Å². The Kier molecular flexibility index (Phi) is 5.88. The number of carbonyl (C=O) groups is 1. The van der Waals surface area contributed by atoms with Crippen LogP contribution in [0.15, 0.2) is 0 Å². The van der Waals surface area contributed by atoms with Gasteiger partial charge in [0, 0.05) is 12.6 Å². The van der Waals surface area contributed by atoms with Crippen molar-refractivity contribution in [2.45, 2.75) is 60.0 Å². The lowest BCUT2D eigenvalue weighted by molar-refractivity contribution is -0.123. The van der Waals surface area contributed by atoms with E-state index in [1.54, 1.807) is 0 Å². The first-order valence-electron chi connectivity index (χ1n) is 5.82. The number of rotatable bonds is 6. The van der Waals surface area contributed by atoms with Gasteiger partial charge in [0.1, 0.15) is 0 Å². The molecule has 0 aromatic carbocycles. The zero-order valence-corrected chi connectivity index (χ0v) is 11.0. The standard InChI is InChI=1S/C12H26N2O/c1-7-12(5,6)8-13-10(4)11(15)14-9(2)3/h9-10,13H,7-8H2,1-6H3,(H,14,15). The first-order valence-corrected chi connectivity index (χ1v) is 5.82. The molecule has 1 atom stereocenters. The highest BCUT2D eigenvalue weighted by molar-refractivity contribution is 5.81. The molecule has 1 amide bonds. The second-order valence-corrected chi connectivity index (χ2v) is 5.28. The Morgan fingerprint density at radius 3 is 2.20 bits per heavy atom. The first kappa shape index (κ1) is 14.4. The minimum Gasteiger partial charge on any atom is -0.353 e. The quantitative estimate of drug-likeness (QED) is 0.709. The molecular weight excluding hydrogens is 188 g/mol. The SMILES string of the molecule is CCC(C)(C)CNC(C)C(=O)NC(C)C. The average Bonchev–Trinajstić information content (AvgIpc) is 2.13. The lowest BCUT2D eigenvalue weighted by Gasteiger charge is -2.25. The molecule has 0 aromatic rings. The molecule has 3 nitrogen and oxygen atoms in total. The van der Waals surface area contributed by atoms with Gasteiger partial charge in [-0.25, -0.2) is 0 Å². The van der Waals surface area contributed by atoms with Crippen molar-refractivity contribution in [3.05, 3.63) is 0 Å². The summed E-state index contributed by atoms with van der Waals surface area (Å²) >= 11 is 0. The Hall–Kier alpha value is -0.570. The van der Waals surface area contributed by atoms with Crippen molar-refractivity contribution in [2.24, 2.45) is 5.41 Å². The van der Waals surface area contributed by atoms with Crippen LogP contribution in [0.3, 0.4) is 0 Å². The van der Waals surface area contributed by atoms with E-state index in [0.717, 1.165) is 13.0 Å². The van der Waals surface area contributed by atoms with E-state index in [9.17, 15) is 4.79 Å². The number of amides is 1. The van der Waals surface area contributed by atoms with Gasteiger partial charge in [0.05, 0.1) is 6.04 Å². The molecule has 2 N–H and O–H groups in total. The van der Waals surface area contributed by atoms with Gasteiger partial charge in [0.2, 0.25) is 5.91 Å². The minimum atomic E-state index is -0.113. The fraction of sp³-hybridized carbons (Fsp3) is 0.917. The summed E-state index contributed by atoms with van der Waals surface area (Å²) in [5, 5.41) is 6.16. The van der Waals surface area contributed by atoms with Crippen LogP contribution in [0.2, 0.25) is 0 Å². The topological polar surface area (TPSA) is 41.1 Å². The molecule has 0 saturated carbocycles. The highest BCUT2D eigenvalue weighted by atomic mass is 16.2. The predicted molar refractivity (Wildman–Crippen MR) is 64.8 cm³/mol. The molecular formula is C12H26N2O. The van der Waals surface area contributed by atoms with Gasteiger partial charge in [0.25, 0.3) is 0 Å². The molecule has 90 valence electrons. The van der Waals surface area contributed by atoms with Crippen molar-refractivity contribution in [1.29, 1.82) is 0 Å². The third-order valence-corrected chi connectivity index (χ3v) is 2.67. The third kappa shape index (κ3) is 6.50. The van der Waals surface area contributed by atoms with Crippen molar-refractivity contribution >= 4 is 5.91 Å². The fourth-order valence-electron chi connectivity index (χ4n) is 1.06. The first-order chi connectivity index (χ1) is 6.78. The van der Waals surface area contributed by atoms with E-state index in [4.69, 9.17) is 0 Å². The molecule has 0 aliphatic carbocycles.